The molecule has 1 unspecified atom stereocenters. The molecule has 15 heteroatoms. The number of piperazine rings is 1. The molecule has 3 heterocycles. The Bertz CT molecular complexity index is 1780. The van der Waals surface area contributed by atoms with E-state index in [0.29, 0.717) is 46.0 Å². The third kappa shape index (κ3) is 7.58. The molecule has 2 atom stereocenters. The van der Waals surface area contributed by atoms with E-state index in [-0.39, 0.29) is 17.4 Å². The molecule has 2 fully saturated rings. The first-order chi connectivity index (χ1) is 21.2. The van der Waals surface area contributed by atoms with Gasteiger partial charge in [0, 0.05) is 49.3 Å². The fourth-order valence-electron chi connectivity index (χ4n) is 5.69. The SMILES string of the molecule is CC(C)OC(=O)[C@H]1CN(S(=O)(=O)c2ccc3cc(Cl)ccc3c2)C(OS(C)(=O)=O)C(=O)N1CC1CCN(c2ccncc2)CC1. The maximum atomic E-state index is 14.1. The van der Waals surface area contributed by atoms with Crippen LogP contribution in [0.1, 0.15) is 26.7 Å². The third-order valence-electron chi connectivity index (χ3n) is 7.85. The first kappa shape index (κ1) is 33.1. The van der Waals surface area contributed by atoms with Crippen LogP contribution in [0.4, 0.5) is 5.69 Å². The highest BCUT2D eigenvalue weighted by Crippen LogP contribution is 2.32. The van der Waals surface area contributed by atoms with E-state index in [1.54, 1.807) is 50.5 Å². The smallest absolute Gasteiger partial charge is 0.330 e. The summed E-state index contributed by atoms with van der Waals surface area (Å²) in [5.41, 5.74) is 1.02. The number of esters is 1. The van der Waals surface area contributed by atoms with E-state index >= 15 is 0 Å². The fraction of sp³-hybridized carbons (Fsp3) is 0.433. The number of hydrogen-bond donors (Lipinski definition) is 0. The molecule has 5 rings (SSSR count). The van der Waals surface area contributed by atoms with Crippen molar-refractivity contribution in [1.29, 1.82) is 0 Å². The normalized spacial score (nSPS) is 20.6. The van der Waals surface area contributed by atoms with Crippen molar-refractivity contribution in [2.45, 2.75) is 50.0 Å². The molecule has 45 heavy (non-hydrogen) atoms. The summed E-state index contributed by atoms with van der Waals surface area (Å²) in [6.07, 6.45) is 2.94. The van der Waals surface area contributed by atoms with Crippen molar-refractivity contribution < 1.29 is 35.3 Å². The van der Waals surface area contributed by atoms with Crippen molar-refractivity contribution in [1.82, 2.24) is 14.2 Å². The van der Waals surface area contributed by atoms with E-state index in [1.807, 2.05) is 12.1 Å². The number of halogens is 1. The maximum Gasteiger partial charge on any atom is 0.330 e. The summed E-state index contributed by atoms with van der Waals surface area (Å²) >= 11 is 6.08. The molecule has 0 spiro atoms. The molecule has 0 saturated carbocycles. The number of rotatable bonds is 9. The van der Waals surface area contributed by atoms with E-state index < -0.39 is 56.9 Å². The molecule has 2 aromatic carbocycles. The Morgan fingerprint density at radius 1 is 1.00 bits per heavy atom. The first-order valence-corrected chi connectivity index (χ1v) is 18.1. The fourth-order valence-corrected chi connectivity index (χ4v) is 7.95. The molecule has 1 amide bonds. The number of benzene rings is 2. The second-order valence-electron chi connectivity index (χ2n) is 11.5. The standard InChI is InChI=1S/C30H35ClN4O8S2/c1-20(2)42-30(37)27-19-35(45(40,41)26-7-5-22-16-24(31)6-4-23(22)17-26)29(43-44(3,38)39)28(36)34(27)18-21-10-14-33(15-11-21)25-8-12-32-13-9-25/h4-9,12-13,16-17,20-21,27,29H,10-11,14-15,18-19H2,1-3H3/t27-,29?/m1/s1. The highest BCUT2D eigenvalue weighted by atomic mass is 35.5. The number of ether oxygens (including phenoxy) is 1. The number of carbonyl (C=O) groups is 2. The minimum Gasteiger partial charge on any atom is -0.461 e. The number of amides is 1. The van der Waals surface area contributed by atoms with Crippen molar-refractivity contribution >= 4 is 60.1 Å². The first-order valence-electron chi connectivity index (χ1n) is 14.5. The van der Waals surface area contributed by atoms with Crippen LogP contribution in [-0.2, 0) is 38.7 Å². The van der Waals surface area contributed by atoms with E-state index in [9.17, 15) is 26.4 Å². The molecule has 0 radical (unpaired) electrons. The van der Waals surface area contributed by atoms with Gasteiger partial charge in [-0.3, -0.25) is 9.78 Å². The third-order valence-corrected chi connectivity index (χ3v) is 10.4. The van der Waals surface area contributed by atoms with Gasteiger partial charge in [-0.25, -0.2) is 17.4 Å². The van der Waals surface area contributed by atoms with Crippen LogP contribution < -0.4 is 4.90 Å². The Balaban J connectivity index is 1.47. The van der Waals surface area contributed by atoms with Gasteiger partial charge >= 0.3 is 5.97 Å². The molecular formula is C30H35ClN4O8S2. The van der Waals surface area contributed by atoms with Gasteiger partial charge in [0.25, 0.3) is 16.0 Å². The molecule has 0 aliphatic carbocycles. The van der Waals surface area contributed by atoms with Gasteiger partial charge in [0.2, 0.25) is 16.3 Å². The molecular weight excluding hydrogens is 644 g/mol. The summed E-state index contributed by atoms with van der Waals surface area (Å²) in [5, 5.41) is 1.70. The lowest BCUT2D eigenvalue weighted by Gasteiger charge is -2.45. The molecule has 0 bridgehead atoms. The van der Waals surface area contributed by atoms with Crippen LogP contribution >= 0.6 is 11.6 Å². The monoisotopic (exact) mass is 678 g/mol. The predicted octanol–water partition coefficient (Wildman–Crippen LogP) is 3.26. The number of hydrogen-bond acceptors (Lipinski definition) is 10. The molecule has 242 valence electrons. The van der Waals surface area contributed by atoms with Crippen LogP contribution in [0.25, 0.3) is 10.8 Å². The van der Waals surface area contributed by atoms with Crippen LogP contribution in [-0.4, -0.2) is 93.7 Å². The summed E-state index contributed by atoms with van der Waals surface area (Å²) in [7, 11) is -8.88. The number of carbonyl (C=O) groups excluding carboxylic acids is 2. The number of piperidine rings is 1. The summed E-state index contributed by atoms with van der Waals surface area (Å²) in [5.74, 6) is -1.79. The zero-order valence-corrected chi connectivity index (χ0v) is 27.5. The van der Waals surface area contributed by atoms with Crippen molar-refractivity contribution in [2.75, 3.05) is 37.3 Å². The van der Waals surface area contributed by atoms with E-state index in [0.717, 1.165) is 11.9 Å². The Hall–Kier alpha value is -3.30. The second kappa shape index (κ2) is 13.2. The van der Waals surface area contributed by atoms with E-state index in [4.69, 9.17) is 20.5 Å². The van der Waals surface area contributed by atoms with Crippen molar-refractivity contribution in [3.05, 3.63) is 65.9 Å². The van der Waals surface area contributed by atoms with Crippen LogP contribution in [0.3, 0.4) is 0 Å². The summed E-state index contributed by atoms with van der Waals surface area (Å²) in [4.78, 5) is 34.8. The van der Waals surface area contributed by atoms with Crippen molar-refractivity contribution in [3.8, 4) is 0 Å². The topological polar surface area (TPSA) is 143 Å². The van der Waals surface area contributed by atoms with E-state index in [1.165, 1.54) is 17.0 Å². The van der Waals surface area contributed by atoms with Gasteiger partial charge in [0.1, 0.15) is 6.04 Å². The summed E-state index contributed by atoms with van der Waals surface area (Å²) in [6.45, 7) is 4.20. The molecule has 2 aliphatic rings. The molecule has 0 N–H and O–H groups in total. The maximum absolute atomic E-state index is 14.1. The number of fused-ring (bicyclic) bond motifs is 1. The van der Waals surface area contributed by atoms with Crippen LogP contribution in [0.2, 0.25) is 5.02 Å². The minimum atomic E-state index is -4.56. The number of anilines is 1. The van der Waals surface area contributed by atoms with Gasteiger partial charge in [-0.05, 0) is 79.8 Å². The number of pyridine rings is 1. The number of sulfonamides is 1. The molecule has 3 aromatic rings. The molecule has 2 saturated heterocycles. The van der Waals surface area contributed by atoms with Gasteiger partial charge in [-0.2, -0.15) is 12.7 Å². The van der Waals surface area contributed by atoms with Gasteiger partial charge in [0.15, 0.2) is 0 Å². The highest BCUT2D eigenvalue weighted by molar-refractivity contribution is 7.89. The average molecular weight is 679 g/mol. The Morgan fingerprint density at radius 2 is 1.64 bits per heavy atom. The minimum absolute atomic E-state index is 0.0456. The van der Waals surface area contributed by atoms with Gasteiger partial charge in [-0.15, -0.1) is 0 Å². The predicted molar refractivity (Wildman–Crippen MR) is 168 cm³/mol. The number of aromatic nitrogens is 1. The lowest BCUT2D eigenvalue weighted by molar-refractivity contribution is -0.170. The van der Waals surface area contributed by atoms with Crippen LogP contribution in [0.15, 0.2) is 65.8 Å². The van der Waals surface area contributed by atoms with Crippen molar-refractivity contribution in [3.63, 3.8) is 0 Å². The largest absolute Gasteiger partial charge is 0.461 e. The zero-order chi connectivity index (χ0) is 32.5. The highest BCUT2D eigenvalue weighted by Gasteiger charge is 2.51. The Morgan fingerprint density at radius 3 is 2.29 bits per heavy atom. The Kier molecular flexibility index (Phi) is 9.70. The van der Waals surface area contributed by atoms with Crippen molar-refractivity contribution in [2.24, 2.45) is 5.92 Å². The van der Waals surface area contributed by atoms with E-state index in [2.05, 4.69) is 9.88 Å². The second-order valence-corrected chi connectivity index (χ2v) is 15.4. The molecule has 1 aromatic heterocycles. The number of nitrogens with zero attached hydrogens (tertiary/aromatic N) is 4. The molecule has 12 nitrogen and oxygen atoms in total. The Labute approximate surface area is 268 Å². The summed E-state index contributed by atoms with van der Waals surface area (Å²) < 4.78 is 64.2. The van der Waals surface area contributed by atoms with Gasteiger partial charge in [0.05, 0.1) is 17.3 Å². The molecule has 2 aliphatic heterocycles. The van der Waals surface area contributed by atoms with Gasteiger partial charge < -0.3 is 14.5 Å². The van der Waals surface area contributed by atoms with Crippen LogP contribution in [0.5, 0.6) is 0 Å². The lowest BCUT2D eigenvalue weighted by atomic mass is 9.94. The van der Waals surface area contributed by atoms with Crippen LogP contribution in [0, 0.1) is 5.92 Å². The lowest BCUT2D eigenvalue weighted by Crippen LogP contribution is -2.67. The average Bonchev–Trinajstić information content (AvgIpc) is 2.98. The summed E-state index contributed by atoms with van der Waals surface area (Å²) in [6, 6.07) is 11.7. The van der Waals surface area contributed by atoms with Gasteiger partial charge in [-0.1, -0.05) is 23.7 Å². The quantitative estimate of drug-likeness (QED) is 0.244. The zero-order valence-electron chi connectivity index (χ0n) is 25.1.